The summed E-state index contributed by atoms with van der Waals surface area (Å²) in [5.41, 5.74) is 1.59. The molecular formula is C10H10Cl2N2O. The highest BCUT2D eigenvalue weighted by Gasteiger charge is 2.04. The molecule has 0 aliphatic carbocycles. The van der Waals surface area contributed by atoms with Gasteiger partial charge in [-0.25, -0.2) is 4.99 Å². The Morgan fingerprint density at radius 3 is 2.73 bits per heavy atom. The smallest absolute Gasteiger partial charge is 0.243 e. The Labute approximate surface area is 98.1 Å². The van der Waals surface area contributed by atoms with E-state index in [1.165, 1.54) is 13.3 Å². The van der Waals surface area contributed by atoms with Crippen LogP contribution in [0.2, 0.25) is 10.0 Å². The van der Waals surface area contributed by atoms with Gasteiger partial charge < -0.3 is 5.32 Å². The number of benzene rings is 1. The summed E-state index contributed by atoms with van der Waals surface area (Å²) in [6.45, 7) is 3.21. The lowest BCUT2D eigenvalue weighted by atomic mass is 10.2. The second kappa shape index (κ2) is 5.14. The fraction of sp³-hybridized carbons (Fsp3) is 0.200. The van der Waals surface area contributed by atoms with Crippen LogP contribution in [0.25, 0.3) is 0 Å². The van der Waals surface area contributed by atoms with Crippen LogP contribution in [0.4, 0.5) is 5.69 Å². The summed E-state index contributed by atoms with van der Waals surface area (Å²) in [5, 5.41) is 3.86. The molecule has 0 aromatic heterocycles. The molecule has 1 aromatic rings. The molecule has 0 spiro atoms. The number of hydrogen-bond acceptors (Lipinski definition) is 1. The van der Waals surface area contributed by atoms with Crippen molar-refractivity contribution in [1.82, 2.24) is 0 Å². The first-order valence-electron chi connectivity index (χ1n) is 4.26. The van der Waals surface area contributed by atoms with Crippen LogP contribution in [0.5, 0.6) is 0 Å². The van der Waals surface area contributed by atoms with Gasteiger partial charge in [0.15, 0.2) is 0 Å². The number of halogens is 2. The maximum Gasteiger partial charge on any atom is 0.243 e. The molecule has 0 bridgehead atoms. The van der Waals surface area contributed by atoms with Crippen molar-refractivity contribution in [2.24, 2.45) is 4.99 Å². The summed E-state index contributed by atoms with van der Waals surface area (Å²) < 4.78 is 0. The maximum atomic E-state index is 10.6. The normalized spacial score (nSPS) is 10.7. The third kappa shape index (κ3) is 3.22. The van der Waals surface area contributed by atoms with Gasteiger partial charge in [-0.1, -0.05) is 23.2 Å². The lowest BCUT2D eigenvalue weighted by molar-refractivity contribution is -0.115. The summed E-state index contributed by atoms with van der Waals surface area (Å²) in [5.74, 6) is -0.264. The first kappa shape index (κ1) is 12.0. The van der Waals surface area contributed by atoms with E-state index in [1.54, 1.807) is 12.1 Å². The third-order valence-corrected chi connectivity index (χ3v) is 2.70. The Bertz CT molecular complexity index is 416. The van der Waals surface area contributed by atoms with Gasteiger partial charge in [-0.2, -0.15) is 0 Å². The summed E-state index contributed by atoms with van der Waals surface area (Å²) >= 11 is 11.8. The highest BCUT2D eigenvalue weighted by molar-refractivity contribution is 6.42. The third-order valence-electron chi connectivity index (χ3n) is 1.81. The average molecular weight is 245 g/mol. The summed E-state index contributed by atoms with van der Waals surface area (Å²) in [4.78, 5) is 14.1. The van der Waals surface area contributed by atoms with Gasteiger partial charge in [-0.3, -0.25) is 4.79 Å². The molecule has 0 atom stereocenters. The van der Waals surface area contributed by atoms with E-state index < -0.39 is 0 Å². The van der Waals surface area contributed by atoms with Gasteiger partial charge >= 0.3 is 0 Å². The van der Waals surface area contributed by atoms with E-state index in [1.807, 2.05) is 6.92 Å². The zero-order valence-electron chi connectivity index (χ0n) is 8.34. The molecule has 0 aliphatic rings. The highest BCUT2D eigenvalue weighted by Crippen LogP contribution is 2.30. The monoisotopic (exact) mass is 244 g/mol. The first-order chi connectivity index (χ1) is 7.02. The van der Waals surface area contributed by atoms with E-state index in [0.29, 0.717) is 10.0 Å². The van der Waals surface area contributed by atoms with Gasteiger partial charge in [0.25, 0.3) is 0 Å². The second-order valence-electron chi connectivity index (χ2n) is 2.96. The van der Waals surface area contributed by atoms with Crippen molar-refractivity contribution in [3.63, 3.8) is 0 Å². The van der Waals surface area contributed by atoms with Crippen molar-refractivity contribution in [3.05, 3.63) is 27.7 Å². The van der Waals surface area contributed by atoms with E-state index >= 15 is 0 Å². The molecule has 1 rings (SSSR count). The van der Waals surface area contributed by atoms with E-state index in [9.17, 15) is 4.79 Å². The van der Waals surface area contributed by atoms with Gasteiger partial charge in [0.1, 0.15) is 0 Å². The van der Waals surface area contributed by atoms with Crippen molar-refractivity contribution in [2.45, 2.75) is 13.8 Å². The number of rotatable bonds is 2. The van der Waals surface area contributed by atoms with Crippen molar-refractivity contribution >= 4 is 41.1 Å². The van der Waals surface area contributed by atoms with Gasteiger partial charge in [0.2, 0.25) is 5.91 Å². The molecule has 1 amide bonds. The van der Waals surface area contributed by atoms with Crippen LogP contribution in [-0.2, 0) is 4.79 Å². The van der Waals surface area contributed by atoms with Crippen molar-refractivity contribution in [2.75, 3.05) is 5.32 Å². The van der Waals surface area contributed by atoms with Crippen LogP contribution >= 0.6 is 23.2 Å². The summed E-state index contributed by atoms with van der Waals surface area (Å²) in [7, 11) is 0. The zero-order valence-corrected chi connectivity index (χ0v) is 9.86. The fourth-order valence-electron chi connectivity index (χ4n) is 1.00. The van der Waals surface area contributed by atoms with E-state index in [0.717, 1.165) is 11.3 Å². The Morgan fingerprint density at radius 2 is 2.13 bits per heavy atom. The molecule has 5 heteroatoms. The minimum Gasteiger partial charge on any atom is -0.346 e. The van der Waals surface area contributed by atoms with Crippen LogP contribution in [0.15, 0.2) is 17.1 Å². The SMILES string of the molecule is CC(=O)/N=C/Nc1ccc(Cl)c(Cl)c1C. The lowest BCUT2D eigenvalue weighted by Crippen LogP contribution is -1.99. The largest absolute Gasteiger partial charge is 0.346 e. The van der Waals surface area contributed by atoms with Crippen molar-refractivity contribution in [1.29, 1.82) is 0 Å². The number of anilines is 1. The van der Waals surface area contributed by atoms with Crippen LogP contribution in [0.3, 0.4) is 0 Å². The Morgan fingerprint density at radius 1 is 1.47 bits per heavy atom. The number of carbonyl (C=O) groups excluding carboxylic acids is 1. The van der Waals surface area contributed by atoms with E-state index in [-0.39, 0.29) is 5.91 Å². The minimum atomic E-state index is -0.264. The van der Waals surface area contributed by atoms with E-state index in [2.05, 4.69) is 10.3 Å². The van der Waals surface area contributed by atoms with Gasteiger partial charge in [-0.05, 0) is 24.6 Å². The van der Waals surface area contributed by atoms with Gasteiger partial charge in [0.05, 0.1) is 16.4 Å². The quantitative estimate of drug-likeness (QED) is 0.641. The topological polar surface area (TPSA) is 41.5 Å². The van der Waals surface area contributed by atoms with Crippen LogP contribution in [0, 0.1) is 6.92 Å². The number of aliphatic imine (C=N–C) groups is 1. The number of nitrogens with zero attached hydrogens (tertiary/aromatic N) is 1. The first-order valence-corrected chi connectivity index (χ1v) is 5.02. The van der Waals surface area contributed by atoms with E-state index in [4.69, 9.17) is 23.2 Å². The molecule has 1 N–H and O–H groups in total. The molecule has 0 radical (unpaired) electrons. The summed E-state index contributed by atoms with van der Waals surface area (Å²) in [6, 6.07) is 3.45. The molecular weight excluding hydrogens is 235 g/mol. The molecule has 0 saturated carbocycles. The predicted molar refractivity (Wildman–Crippen MR) is 64.0 cm³/mol. The number of amides is 1. The lowest BCUT2D eigenvalue weighted by Gasteiger charge is -2.07. The highest BCUT2D eigenvalue weighted by atomic mass is 35.5. The minimum absolute atomic E-state index is 0.264. The van der Waals surface area contributed by atoms with Crippen molar-refractivity contribution in [3.8, 4) is 0 Å². The molecule has 3 nitrogen and oxygen atoms in total. The predicted octanol–water partition coefficient (Wildman–Crippen LogP) is 3.29. The number of nitrogens with one attached hydrogen (secondary N) is 1. The molecule has 0 heterocycles. The average Bonchev–Trinajstić information content (AvgIpc) is 2.18. The number of hydrogen-bond donors (Lipinski definition) is 1. The summed E-state index contributed by atoms with van der Waals surface area (Å²) in [6.07, 6.45) is 1.33. The Hall–Kier alpha value is -1.06. The van der Waals surface area contributed by atoms with Gasteiger partial charge in [0, 0.05) is 12.6 Å². The molecule has 0 saturated heterocycles. The van der Waals surface area contributed by atoms with Crippen LogP contribution in [0.1, 0.15) is 12.5 Å². The Balaban J connectivity index is 2.87. The second-order valence-corrected chi connectivity index (χ2v) is 3.74. The molecule has 0 unspecified atom stereocenters. The standard InChI is InChI=1S/C10H10Cl2N2O/c1-6-9(14-5-13-7(2)15)4-3-8(11)10(6)12/h3-5H,1-2H3,(H,13,14,15). The number of carbonyl (C=O) groups is 1. The van der Waals surface area contributed by atoms with Crippen LogP contribution < -0.4 is 5.32 Å². The molecule has 1 aromatic carbocycles. The maximum absolute atomic E-state index is 10.6. The van der Waals surface area contributed by atoms with Gasteiger partial charge in [-0.15, -0.1) is 0 Å². The molecule has 15 heavy (non-hydrogen) atoms. The van der Waals surface area contributed by atoms with Crippen molar-refractivity contribution < 1.29 is 4.79 Å². The Kier molecular flexibility index (Phi) is 4.12. The molecule has 0 aliphatic heterocycles. The molecule has 80 valence electrons. The molecule has 0 fully saturated rings. The fourth-order valence-corrected chi connectivity index (χ4v) is 1.37. The zero-order chi connectivity index (χ0) is 11.4. The van der Waals surface area contributed by atoms with Crippen LogP contribution in [-0.4, -0.2) is 12.2 Å².